The lowest BCUT2D eigenvalue weighted by Gasteiger charge is -2.41. The van der Waals surface area contributed by atoms with Gasteiger partial charge in [0.25, 0.3) is 0 Å². The third kappa shape index (κ3) is 7.04. The molecule has 0 radical (unpaired) electrons. The lowest BCUT2D eigenvalue weighted by atomic mass is 9.69. The number of hydrogen-bond acceptors (Lipinski definition) is 6. The molecule has 4 unspecified atom stereocenters. The van der Waals surface area contributed by atoms with E-state index in [9.17, 15) is 9.59 Å². The first kappa shape index (κ1) is 20.8. The molecule has 2 saturated carbocycles. The molecule has 0 spiro atoms. The van der Waals surface area contributed by atoms with Crippen LogP contribution in [-0.4, -0.2) is 35.7 Å². The van der Waals surface area contributed by atoms with Gasteiger partial charge in [-0.15, -0.1) is 0 Å². The van der Waals surface area contributed by atoms with Gasteiger partial charge in [-0.1, -0.05) is 0 Å². The van der Waals surface area contributed by atoms with E-state index in [-0.39, 0.29) is 12.2 Å². The van der Waals surface area contributed by atoms with Gasteiger partial charge in [-0.25, -0.2) is 9.59 Å². The Labute approximate surface area is 156 Å². The van der Waals surface area contributed by atoms with Crippen LogP contribution < -0.4 is 0 Å². The van der Waals surface area contributed by atoms with Gasteiger partial charge in [0.2, 0.25) is 0 Å². The molecule has 4 atom stereocenters. The zero-order valence-corrected chi connectivity index (χ0v) is 17.0. The number of carbonyl (C=O) groups is 2. The average Bonchev–Trinajstić information content (AvgIpc) is 2.43. The highest BCUT2D eigenvalue weighted by Crippen LogP contribution is 2.42. The Bertz CT molecular complexity index is 455. The van der Waals surface area contributed by atoms with Gasteiger partial charge in [-0.2, -0.15) is 0 Å². The highest BCUT2D eigenvalue weighted by atomic mass is 16.7. The SMILES string of the molecule is CC(C)(C)OC(=O)OC1CCC2CC(OC(=O)OC(C)(C)C)CCC2C1. The molecule has 2 aliphatic rings. The van der Waals surface area contributed by atoms with Crippen molar-refractivity contribution in [1.82, 2.24) is 0 Å². The van der Waals surface area contributed by atoms with Gasteiger partial charge < -0.3 is 18.9 Å². The molecule has 2 rings (SSSR count). The van der Waals surface area contributed by atoms with Crippen molar-refractivity contribution in [2.75, 3.05) is 0 Å². The van der Waals surface area contributed by atoms with Crippen molar-refractivity contribution in [2.24, 2.45) is 11.8 Å². The van der Waals surface area contributed by atoms with Gasteiger partial charge in [0, 0.05) is 0 Å². The van der Waals surface area contributed by atoms with Gasteiger partial charge in [0.1, 0.15) is 23.4 Å². The monoisotopic (exact) mass is 370 g/mol. The fourth-order valence-electron chi connectivity index (χ4n) is 3.84. The molecular formula is C20H34O6. The van der Waals surface area contributed by atoms with Crippen LogP contribution in [0, 0.1) is 11.8 Å². The third-order valence-electron chi connectivity index (χ3n) is 4.82. The molecule has 26 heavy (non-hydrogen) atoms. The molecule has 2 fully saturated rings. The van der Waals surface area contributed by atoms with E-state index in [1.807, 2.05) is 41.5 Å². The third-order valence-corrected chi connectivity index (χ3v) is 4.82. The largest absolute Gasteiger partial charge is 0.509 e. The number of carbonyl (C=O) groups excluding carboxylic acids is 2. The Morgan fingerprint density at radius 1 is 0.654 bits per heavy atom. The molecule has 6 heteroatoms. The Kier molecular flexibility index (Phi) is 6.46. The number of hydrogen-bond donors (Lipinski definition) is 0. The van der Waals surface area contributed by atoms with E-state index in [4.69, 9.17) is 18.9 Å². The fraction of sp³-hybridized carbons (Fsp3) is 0.900. The number of rotatable bonds is 2. The lowest BCUT2D eigenvalue weighted by Crippen LogP contribution is -2.39. The van der Waals surface area contributed by atoms with Gasteiger partial charge in [-0.05, 0) is 91.9 Å². The van der Waals surface area contributed by atoms with E-state index < -0.39 is 23.5 Å². The second-order valence-corrected chi connectivity index (χ2v) is 9.55. The molecule has 0 saturated heterocycles. The summed E-state index contributed by atoms with van der Waals surface area (Å²) in [6, 6.07) is 0. The highest BCUT2D eigenvalue weighted by Gasteiger charge is 2.38. The molecular weight excluding hydrogens is 336 g/mol. The van der Waals surface area contributed by atoms with Crippen molar-refractivity contribution >= 4 is 12.3 Å². The van der Waals surface area contributed by atoms with Gasteiger partial charge in [0.15, 0.2) is 0 Å². The van der Waals surface area contributed by atoms with Gasteiger partial charge in [0.05, 0.1) is 0 Å². The second-order valence-electron chi connectivity index (χ2n) is 9.55. The summed E-state index contributed by atoms with van der Waals surface area (Å²) in [7, 11) is 0. The van der Waals surface area contributed by atoms with Crippen molar-refractivity contribution in [2.45, 2.75) is 103 Å². The molecule has 0 aromatic rings. The summed E-state index contributed by atoms with van der Waals surface area (Å²) in [5.41, 5.74) is -1.07. The lowest BCUT2D eigenvalue weighted by molar-refractivity contribution is -0.0674. The second kappa shape index (κ2) is 8.05. The zero-order chi connectivity index (χ0) is 19.5. The van der Waals surface area contributed by atoms with Crippen LogP contribution >= 0.6 is 0 Å². The van der Waals surface area contributed by atoms with Crippen LogP contribution in [0.15, 0.2) is 0 Å². The van der Waals surface area contributed by atoms with Crippen LogP contribution in [0.3, 0.4) is 0 Å². The average molecular weight is 370 g/mol. The van der Waals surface area contributed by atoms with Crippen LogP contribution in [0.4, 0.5) is 9.59 Å². The Balaban J connectivity index is 1.77. The van der Waals surface area contributed by atoms with E-state index >= 15 is 0 Å². The number of fused-ring (bicyclic) bond motifs is 1. The standard InChI is InChI=1S/C20H34O6/c1-19(2,3)25-17(21)23-15-9-7-14-12-16(10-8-13(14)11-15)24-18(22)26-20(4,5)6/h13-16H,7-12H2,1-6H3. The first-order valence-electron chi connectivity index (χ1n) is 9.70. The van der Waals surface area contributed by atoms with Crippen LogP contribution in [0.1, 0.15) is 80.1 Å². The summed E-state index contributed by atoms with van der Waals surface area (Å²) < 4.78 is 21.5. The topological polar surface area (TPSA) is 71.1 Å². The molecule has 2 aliphatic carbocycles. The molecule has 0 heterocycles. The zero-order valence-electron chi connectivity index (χ0n) is 17.0. The summed E-state index contributed by atoms with van der Waals surface area (Å²) >= 11 is 0. The molecule has 0 N–H and O–H groups in total. The van der Waals surface area contributed by atoms with Gasteiger partial charge in [-0.3, -0.25) is 0 Å². The Hall–Kier alpha value is -1.46. The van der Waals surface area contributed by atoms with Crippen LogP contribution in [-0.2, 0) is 18.9 Å². The van der Waals surface area contributed by atoms with Crippen molar-refractivity contribution in [3.63, 3.8) is 0 Å². The quantitative estimate of drug-likeness (QED) is 0.620. The Morgan fingerprint density at radius 2 is 1.00 bits per heavy atom. The van der Waals surface area contributed by atoms with Crippen molar-refractivity contribution in [1.29, 1.82) is 0 Å². The summed E-state index contributed by atoms with van der Waals surface area (Å²) in [6.45, 7) is 11.0. The van der Waals surface area contributed by atoms with Crippen LogP contribution in [0.2, 0.25) is 0 Å². The molecule has 0 amide bonds. The molecule has 6 nitrogen and oxygen atoms in total. The van der Waals surface area contributed by atoms with Crippen LogP contribution in [0.5, 0.6) is 0 Å². The van der Waals surface area contributed by atoms with E-state index in [1.165, 1.54) is 0 Å². The first-order valence-corrected chi connectivity index (χ1v) is 9.70. The molecule has 0 bridgehead atoms. The molecule has 0 aromatic carbocycles. The van der Waals surface area contributed by atoms with E-state index in [0.717, 1.165) is 38.5 Å². The summed E-state index contributed by atoms with van der Waals surface area (Å²) in [5, 5.41) is 0. The predicted octanol–water partition coefficient (Wildman–Crippen LogP) is 5.23. The number of ether oxygens (including phenoxy) is 4. The summed E-state index contributed by atoms with van der Waals surface area (Å²) in [5.74, 6) is 1.02. The molecule has 0 aromatic heterocycles. The van der Waals surface area contributed by atoms with E-state index in [2.05, 4.69) is 0 Å². The van der Waals surface area contributed by atoms with Crippen molar-refractivity contribution < 1.29 is 28.5 Å². The predicted molar refractivity (Wildman–Crippen MR) is 96.9 cm³/mol. The van der Waals surface area contributed by atoms with Crippen LogP contribution in [0.25, 0.3) is 0 Å². The van der Waals surface area contributed by atoms with Crippen molar-refractivity contribution in [3.05, 3.63) is 0 Å². The maximum atomic E-state index is 11.9. The Morgan fingerprint density at radius 3 is 1.31 bits per heavy atom. The maximum Gasteiger partial charge on any atom is 0.509 e. The smallest absolute Gasteiger partial charge is 0.431 e. The highest BCUT2D eigenvalue weighted by molar-refractivity contribution is 5.61. The normalized spacial score (nSPS) is 29.3. The fourth-order valence-corrected chi connectivity index (χ4v) is 3.84. The molecule has 0 aliphatic heterocycles. The minimum absolute atomic E-state index is 0.0746. The summed E-state index contributed by atoms with van der Waals surface area (Å²) in [4.78, 5) is 23.7. The van der Waals surface area contributed by atoms with E-state index in [1.54, 1.807) is 0 Å². The maximum absolute atomic E-state index is 11.9. The molecule has 150 valence electrons. The summed E-state index contributed by atoms with van der Waals surface area (Å²) in [6.07, 6.45) is 4.04. The minimum Gasteiger partial charge on any atom is -0.431 e. The minimum atomic E-state index is -0.581. The first-order chi connectivity index (χ1) is 11.9. The van der Waals surface area contributed by atoms with Crippen molar-refractivity contribution in [3.8, 4) is 0 Å². The van der Waals surface area contributed by atoms with Gasteiger partial charge >= 0.3 is 12.3 Å². The van der Waals surface area contributed by atoms with E-state index in [0.29, 0.717) is 11.8 Å².